The summed E-state index contributed by atoms with van der Waals surface area (Å²) in [5.41, 5.74) is 4.05. The van der Waals surface area contributed by atoms with Crippen molar-refractivity contribution in [3.63, 3.8) is 0 Å². The zero-order valence-corrected chi connectivity index (χ0v) is 18.9. The smallest absolute Gasteiger partial charge is 0.264 e. The van der Waals surface area contributed by atoms with Crippen molar-refractivity contribution in [2.45, 2.75) is 25.7 Å². The largest absolute Gasteiger partial charge is 0.497 e. The number of sulfonamides is 1. The van der Waals surface area contributed by atoms with Gasteiger partial charge in [0.1, 0.15) is 12.3 Å². The average Bonchev–Trinajstić information content (AvgIpc) is 2.76. The Balaban J connectivity index is 1.95. The number of aryl methyl sites for hydroxylation is 2. The van der Waals surface area contributed by atoms with Crippen molar-refractivity contribution >= 4 is 27.3 Å². The van der Waals surface area contributed by atoms with Gasteiger partial charge in [0.15, 0.2) is 0 Å². The third-order valence-electron chi connectivity index (χ3n) is 5.14. The quantitative estimate of drug-likeness (QED) is 0.591. The Labute approximate surface area is 183 Å². The van der Waals surface area contributed by atoms with E-state index in [9.17, 15) is 13.2 Å². The molecule has 0 atom stereocenters. The van der Waals surface area contributed by atoms with Crippen molar-refractivity contribution in [1.29, 1.82) is 0 Å². The summed E-state index contributed by atoms with van der Waals surface area (Å²) in [4.78, 5) is 12.9. The van der Waals surface area contributed by atoms with Gasteiger partial charge in [-0.2, -0.15) is 0 Å². The van der Waals surface area contributed by atoms with Crippen LogP contribution in [0.2, 0.25) is 0 Å². The second kappa shape index (κ2) is 9.22. The first kappa shape index (κ1) is 22.4. The molecule has 0 saturated heterocycles. The molecule has 0 aliphatic carbocycles. The van der Waals surface area contributed by atoms with E-state index in [1.54, 1.807) is 30.3 Å². The minimum atomic E-state index is -3.98. The number of hydrogen-bond donors (Lipinski definition) is 1. The SMILES string of the molecule is COc1ccc(S(=O)(=O)N(CC(=O)Nc2cccc(C)c2C)c2ccc(C)cc2)cc1. The average molecular weight is 439 g/mol. The van der Waals surface area contributed by atoms with Crippen LogP contribution in [0.15, 0.2) is 71.6 Å². The number of hydrogen-bond acceptors (Lipinski definition) is 4. The molecule has 0 aliphatic heterocycles. The molecular weight excluding hydrogens is 412 g/mol. The van der Waals surface area contributed by atoms with Gasteiger partial charge in [-0.3, -0.25) is 9.10 Å². The molecule has 0 bridgehead atoms. The van der Waals surface area contributed by atoms with Crippen molar-refractivity contribution < 1.29 is 17.9 Å². The lowest BCUT2D eigenvalue weighted by atomic mass is 10.1. The summed E-state index contributed by atoms with van der Waals surface area (Å²) in [7, 11) is -2.47. The molecule has 0 unspecified atom stereocenters. The molecule has 0 fully saturated rings. The molecule has 7 heteroatoms. The molecule has 0 spiro atoms. The van der Waals surface area contributed by atoms with E-state index in [1.165, 1.54) is 19.2 Å². The number of carbonyl (C=O) groups is 1. The van der Waals surface area contributed by atoms with E-state index in [0.717, 1.165) is 21.0 Å². The van der Waals surface area contributed by atoms with Gasteiger partial charge in [-0.1, -0.05) is 29.8 Å². The second-order valence-corrected chi connectivity index (χ2v) is 9.18. The van der Waals surface area contributed by atoms with Gasteiger partial charge in [0.2, 0.25) is 5.91 Å². The van der Waals surface area contributed by atoms with Crippen LogP contribution in [0, 0.1) is 20.8 Å². The van der Waals surface area contributed by atoms with Crippen molar-refractivity contribution in [3.05, 3.63) is 83.4 Å². The van der Waals surface area contributed by atoms with Crippen molar-refractivity contribution in [1.82, 2.24) is 0 Å². The number of amides is 1. The van der Waals surface area contributed by atoms with Crippen LogP contribution in [0.1, 0.15) is 16.7 Å². The summed E-state index contributed by atoms with van der Waals surface area (Å²) in [6.45, 7) is 5.43. The van der Waals surface area contributed by atoms with E-state index in [2.05, 4.69) is 5.32 Å². The number of nitrogens with one attached hydrogen (secondary N) is 1. The van der Waals surface area contributed by atoms with Crippen LogP contribution >= 0.6 is 0 Å². The van der Waals surface area contributed by atoms with Gasteiger partial charge in [-0.05, 0) is 74.4 Å². The molecule has 3 aromatic carbocycles. The van der Waals surface area contributed by atoms with Gasteiger partial charge in [-0.15, -0.1) is 0 Å². The van der Waals surface area contributed by atoms with Crippen molar-refractivity contribution in [2.24, 2.45) is 0 Å². The van der Waals surface area contributed by atoms with Crippen LogP contribution in [-0.2, 0) is 14.8 Å². The molecule has 0 heterocycles. The predicted octanol–water partition coefficient (Wildman–Crippen LogP) is 4.45. The molecule has 1 amide bonds. The van der Waals surface area contributed by atoms with E-state index in [4.69, 9.17) is 4.74 Å². The first-order valence-corrected chi connectivity index (χ1v) is 11.3. The topological polar surface area (TPSA) is 75.7 Å². The number of carbonyl (C=O) groups excluding carboxylic acids is 1. The Bertz CT molecular complexity index is 1170. The van der Waals surface area contributed by atoms with Crippen LogP contribution in [0.25, 0.3) is 0 Å². The van der Waals surface area contributed by atoms with Crippen molar-refractivity contribution in [2.75, 3.05) is 23.3 Å². The molecule has 31 heavy (non-hydrogen) atoms. The summed E-state index contributed by atoms with van der Waals surface area (Å²) in [5, 5.41) is 2.84. The Morgan fingerprint density at radius 2 is 1.58 bits per heavy atom. The zero-order chi connectivity index (χ0) is 22.6. The summed E-state index contributed by atoms with van der Waals surface area (Å²) in [5.74, 6) is 0.125. The lowest BCUT2D eigenvalue weighted by Gasteiger charge is -2.24. The fourth-order valence-electron chi connectivity index (χ4n) is 3.11. The highest BCUT2D eigenvalue weighted by atomic mass is 32.2. The maximum absolute atomic E-state index is 13.4. The molecule has 3 aromatic rings. The molecule has 0 aliphatic rings. The first-order chi connectivity index (χ1) is 14.7. The van der Waals surface area contributed by atoms with Gasteiger partial charge in [0.05, 0.1) is 17.7 Å². The molecule has 162 valence electrons. The summed E-state index contributed by atoms with van der Waals surface area (Å²) < 4.78 is 33.1. The minimum Gasteiger partial charge on any atom is -0.497 e. The standard InChI is InChI=1S/C24H26N2O4S/c1-17-8-10-20(11-9-17)26(31(28,29)22-14-12-21(30-4)13-15-22)16-24(27)25-23-7-5-6-18(2)19(23)3/h5-15H,16H2,1-4H3,(H,25,27). The Morgan fingerprint density at radius 1 is 0.935 bits per heavy atom. The normalized spacial score (nSPS) is 11.1. The highest BCUT2D eigenvalue weighted by molar-refractivity contribution is 7.92. The zero-order valence-electron chi connectivity index (χ0n) is 18.0. The highest BCUT2D eigenvalue weighted by Crippen LogP contribution is 2.26. The van der Waals surface area contributed by atoms with E-state index in [0.29, 0.717) is 17.1 Å². The van der Waals surface area contributed by atoms with Gasteiger partial charge in [0, 0.05) is 5.69 Å². The maximum Gasteiger partial charge on any atom is 0.264 e. The number of rotatable bonds is 7. The Morgan fingerprint density at radius 3 is 2.19 bits per heavy atom. The fourth-order valence-corrected chi connectivity index (χ4v) is 4.53. The summed E-state index contributed by atoms with van der Waals surface area (Å²) in [6, 6.07) is 18.7. The van der Waals surface area contributed by atoms with Crippen LogP contribution < -0.4 is 14.4 Å². The highest BCUT2D eigenvalue weighted by Gasteiger charge is 2.27. The first-order valence-electron chi connectivity index (χ1n) is 9.82. The van der Waals surface area contributed by atoms with Crippen LogP contribution in [-0.4, -0.2) is 28.0 Å². The Kier molecular flexibility index (Phi) is 6.65. The third kappa shape index (κ3) is 5.06. The molecule has 0 saturated carbocycles. The van der Waals surface area contributed by atoms with Gasteiger partial charge >= 0.3 is 0 Å². The molecule has 3 rings (SSSR count). The monoisotopic (exact) mass is 438 g/mol. The van der Waals surface area contributed by atoms with Crippen LogP contribution in [0.3, 0.4) is 0 Å². The number of anilines is 2. The molecular formula is C24H26N2O4S. The molecule has 6 nitrogen and oxygen atoms in total. The van der Waals surface area contributed by atoms with Crippen molar-refractivity contribution in [3.8, 4) is 5.75 Å². The number of ether oxygens (including phenoxy) is 1. The van der Waals surface area contributed by atoms with E-state index in [1.807, 2.05) is 45.0 Å². The molecule has 0 radical (unpaired) electrons. The molecule has 0 aromatic heterocycles. The summed E-state index contributed by atoms with van der Waals surface area (Å²) in [6.07, 6.45) is 0. The lowest BCUT2D eigenvalue weighted by Crippen LogP contribution is -2.38. The number of nitrogens with zero attached hydrogens (tertiary/aromatic N) is 1. The van der Waals surface area contributed by atoms with E-state index < -0.39 is 15.9 Å². The van der Waals surface area contributed by atoms with E-state index in [-0.39, 0.29) is 11.4 Å². The third-order valence-corrected chi connectivity index (χ3v) is 6.92. The van der Waals surface area contributed by atoms with Gasteiger partial charge < -0.3 is 10.1 Å². The number of methoxy groups -OCH3 is 1. The summed E-state index contributed by atoms with van der Waals surface area (Å²) >= 11 is 0. The molecule has 1 N–H and O–H groups in total. The Hall–Kier alpha value is -3.32. The number of benzene rings is 3. The van der Waals surface area contributed by atoms with Crippen LogP contribution in [0.4, 0.5) is 11.4 Å². The van der Waals surface area contributed by atoms with Gasteiger partial charge in [-0.25, -0.2) is 8.42 Å². The maximum atomic E-state index is 13.4. The van der Waals surface area contributed by atoms with E-state index >= 15 is 0 Å². The van der Waals surface area contributed by atoms with Gasteiger partial charge in [0.25, 0.3) is 10.0 Å². The minimum absolute atomic E-state index is 0.0772. The fraction of sp³-hybridized carbons (Fsp3) is 0.208. The predicted molar refractivity (Wildman–Crippen MR) is 123 cm³/mol. The van der Waals surface area contributed by atoms with Crippen LogP contribution in [0.5, 0.6) is 5.75 Å². The lowest BCUT2D eigenvalue weighted by molar-refractivity contribution is -0.114. The second-order valence-electron chi connectivity index (χ2n) is 7.32.